The molecule has 2 aromatic rings. The minimum Gasteiger partial charge on any atom is -0.492 e. The normalized spacial score (nSPS) is 11.7. The van der Waals surface area contributed by atoms with Crippen LogP contribution in [0.1, 0.15) is 20.8 Å². The SMILES string of the molecule is CCOc1ccc(NC(=O)C(N=Nc2ccc(Cl)c(OC)c2OC)C(C)=O)c(OCC)c1Cl. The van der Waals surface area contributed by atoms with Gasteiger partial charge in [-0.05, 0) is 45.0 Å². The van der Waals surface area contributed by atoms with Crippen LogP contribution in [0.15, 0.2) is 34.5 Å². The Balaban J connectivity index is 2.36. The molecule has 1 unspecified atom stereocenters. The second-order valence-corrected chi connectivity index (χ2v) is 7.26. The molecule has 0 saturated carbocycles. The molecule has 11 heteroatoms. The molecule has 0 aliphatic carbocycles. The van der Waals surface area contributed by atoms with Crippen LogP contribution in [0.5, 0.6) is 23.0 Å². The molecule has 0 spiro atoms. The van der Waals surface area contributed by atoms with Crippen molar-refractivity contribution >= 4 is 46.3 Å². The van der Waals surface area contributed by atoms with Gasteiger partial charge in [0, 0.05) is 0 Å². The van der Waals surface area contributed by atoms with Crippen LogP contribution in [0, 0.1) is 0 Å². The zero-order chi connectivity index (χ0) is 24.5. The van der Waals surface area contributed by atoms with E-state index in [1.165, 1.54) is 33.3 Å². The Morgan fingerprint density at radius 3 is 2.21 bits per heavy atom. The number of hydrogen-bond acceptors (Lipinski definition) is 8. The predicted molar refractivity (Wildman–Crippen MR) is 126 cm³/mol. The second kappa shape index (κ2) is 12.3. The van der Waals surface area contributed by atoms with Crippen molar-refractivity contribution in [2.24, 2.45) is 10.2 Å². The fourth-order valence-corrected chi connectivity index (χ4v) is 3.32. The molecule has 1 amide bonds. The third-order valence-electron chi connectivity index (χ3n) is 4.27. The van der Waals surface area contributed by atoms with Crippen molar-refractivity contribution in [1.82, 2.24) is 0 Å². The van der Waals surface area contributed by atoms with Gasteiger partial charge in [0.05, 0.1) is 38.1 Å². The Morgan fingerprint density at radius 2 is 1.64 bits per heavy atom. The minimum atomic E-state index is -1.43. The number of hydrogen-bond donors (Lipinski definition) is 1. The molecule has 0 bridgehead atoms. The lowest BCUT2D eigenvalue weighted by molar-refractivity contribution is -0.126. The molecular formula is C22H25Cl2N3O6. The summed E-state index contributed by atoms with van der Waals surface area (Å²) < 4.78 is 21.6. The largest absolute Gasteiger partial charge is 0.492 e. The van der Waals surface area contributed by atoms with Gasteiger partial charge in [0.1, 0.15) is 16.5 Å². The Labute approximate surface area is 202 Å². The molecule has 1 N–H and O–H groups in total. The van der Waals surface area contributed by atoms with Crippen molar-refractivity contribution in [2.45, 2.75) is 26.8 Å². The fourth-order valence-electron chi connectivity index (χ4n) is 2.82. The molecule has 0 aliphatic rings. The fraction of sp³-hybridized carbons (Fsp3) is 0.364. The highest BCUT2D eigenvalue weighted by atomic mass is 35.5. The standard InChI is InChI=1S/C22H25Cl2N3O6/c1-6-32-16-11-10-14(20(17(16)24)33-7-2)25-22(29)18(12(3)28)27-26-15-9-8-13(23)19(30-4)21(15)31-5/h8-11,18H,6-7H2,1-5H3,(H,25,29). The number of Topliss-reactive ketones (excluding diaryl/α,β-unsaturated/α-hetero) is 1. The molecule has 0 fully saturated rings. The van der Waals surface area contributed by atoms with Gasteiger partial charge in [0.2, 0.25) is 6.04 Å². The lowest BCUT2D eigenvalue weighted by Crippen LogP contribution is -2.32. The first kappa shape index (κ1) is 26.2. The maximum atomic E-state index is 12.9. The quantitative estimate of drug-likeness (QED) is 0.324. The summed E-state index contributed by atoms with van der Waals surface area (Å²) in [7, 11) is 2.83. The molecule has 33 heavy (non-hydrogen) atoms. The first-order valence-corrected chi connectivity index (χ1v) is 10.7. The van der Waals surface area contributed by atoms with Gasteiger partial charge in [0.15, 0.2) is 23.0 Å². The summed E-state index contributed by atoms with van der Waals surface area (Å²) in [5, 5.41) is 11.1. The number of nitrogens with one attached hydrogen (secondary N) is 1. The van der Waals surface area contributed by atoms with Gasteiger partial charge >= 0.3 is 0 Å². The number of halogens is 2. The number of carbonyl (C=O) groups excluding carboxylic acids is 2. The summed E-state index contributed by atoms with van der Waals surface area (Å²) in [5.74, 6) is -0.134. The highest BCUT2D eigenvalue weighted by Crippen LogP contribution is 2.43. The van der Waals surface area contributed by atoms with Crippen molar-refractivity contribution < 1.29 is 28.5 Å². The van der Waals surface area contributed by atoms with E-state index in [2.05, 4.69) is 15.5 Å². The molecule has 0 heterocycles. The van der Waals surface area contributed by atoms with Crippen LogP contribution in [0.3, 0.4) is 0 Å². The van der Waals surface area contributed by atoms with E-state index in [0.29, 0.717) is 24.0 Å². The van der Waals surface area contributed by atoms with Crippen molar-refractivity contribution in [3.8, 4) is 23.0 Å². The summed E-state index contributed by atoms with van der Waals surface area (Å²) in [5.41, 5.74) is 0.499. The van der Waals surface area contributed by atoms with E-state index in [1.807, 2.05) is 6.92 Å². The van der Waals surface area contributed by atoms with Crippen LogP contribution in [0.25, 0.3) is 0 Å². The third kappa shape index (κ3) is 6.27. The van der Waals surface area contributed by atoms with Crippen LogP contribution in [0.2, 0.25) is 10.0 Å². The molecule has 0 aliphatic heterocycles. The first-order valence-electron chi connectivity index (χ1n) is 9.99. The van der Waals surface area contributed by atoms with E-state index in [0.717, 1.165) is 0 Å². The van der Waals surface area contributed by atoms with Crippen LogP contribution in [-0.2, 0) is 9.59 Å². The van der Waals surface area contributed by atoms with Crippen LogP contribution in [-0.4, -0.2) is 45.2 Å². The average Bonchev–Trinajstić information content (AvgIpc) is 2.78. The molecular weight excluding hydrogens is 473 g/mol. The van der Waals surface area contributed by atoms with Gasteiger partial charge in [0.25, 0.3) is 5.91 Å². The van der Waals surface area contributed by atoms with E-state index in [9.17, 15) is 9.59 Å². The van der Waals surface area contributed by atoms with Crippen molar-refractivity contribution in [2.75, 3.05) is 32.8 Å². The predicted octanol–water partition coefficient (Wildman–Crippen LogP) is 5.49. The number of anilines is 1. The third-order valence-corrected chi connectivity index (χ3v) is 4.93. The number of ketones is 1. The second-order valence-electron chi connectivity index (χ2n) is 6.47. The van der Waals surface area contributed by atoms with Gasteiger partial charge < -0.3 is 24.3 Å². The van der Waals surface area contributed by atoms with Gasteiger partial charge in [-0.25, -0.2) is 0 Å². The van der Waals surface area contributed by atoms with E-state index >= 15 is 0 Å². The average molecular weight is 498 g/mol. The van der Waals surface area contributed by atoms with E-state index < -0.39 is 17.7 Å². The number of azo groups is 1. The summed E-state index contributed by atoms with van der Waals surface area (Å²) in [6.45, 7) is 5.53. The minimum absolute atomic E-state index is 0.204. The zero-order valence-corrected chi connectivity index (χ0v) is 20.4. The molecule has 0 aromatic heterocycles. The van der Waals surface area contributed by atoms with Crippen molar-refractivity contribution in [3.05, 3.63) is 34.3 Å². The lowest BCUT2D eigenvalue weighted by Gasteiger charge is -2.17. The number of rotatable bonds is 11. The summed E-state index contributed by atoms with van der Waals surface area (Å²) in [6, 6.07) is 4.80. The number of ether oxygens (including phenoxy) is 4. The highest BCUT2D eigenvalue weighted by Gasteiger charge is 2.26. The summed E-state index contributed by atoms with van der Waals surface area (Å²) in [6.07, 6.45) is 0. The van der Waals surface area contributed by atoms with Gasteiger partial charge in [-0.15, -0.1) is 0 Å². The molecule has 0 radical (unpaired) electrons. The number of nitrogens with zero attached hydrogens (tertiary/aromatic N) is 2. The smallest absolute Gasteiger partial charge is 0.258 e. The van der Waals surface area contributed by atoms with Crippen molar-refractivity contribution in [1.29, 1.82) is 0 Å². The first-order chi connectivity index (χ1) is 15.8. The maximum absolute atomic E-state index is 12.9. The lowest BCUT2D eigenvalue weighted by atomic mass is 10.2. The monoisotopic (exact) mass is 497 g/mol. The molecule has 178 valence electrons. The van der Waals surface area contributed by atoms with Gasteiger partial charge in [-0.3, -0.25) is 9.59 Å². The van der Waals surface area contributed by atoms with E-state index in [1.54, 1.807) is 19.1 Å². The molecule has 9 nitrogen and oxygen atoms in total. The number of carbonyl (C=O) groups is 2. The van der Waals surface area contributed by atoms with Crippen LogP contribution < -0.4 is 24.3 Å². The Hall–Kier alpha value is -3.04. The Kier molecular flexibility index (Phi) is 9.74. The zero-order valence-electron chi connectivity index (χ0n) is 18.9. The van der Waals surface area contributed by atoms with Gasteiger partial charge in [-0.1, -0.05) is 23.2 Å². The number of methoxy groups -OCH3 is 2. The number of amides is 1. The summed E-state index contributed by atoms with van der Waals surface area (Å²) >= 11 is 12.5. The van der Waals surface area contributed by atoms with Crippen LogP contribution in [0.4, 0.5) is 11.4 Å². The van der Waals surface area contributed by atoms with E-state index in [4.69, 9.17) is 42.1 Å². The van der Waals surface area contributed by atoms with Gasteiger partial charge in [-0.2, -0.15) is 10.2 Å². The molecule has 1 atom stereocenters. The molecule has 2 rings (SSSR count). The van der Waals surface area contributed by atoms with Crippen LogP contribution >= 0.6 is 23.2 Å². The highest BCUT2D eigenvalue weighted by molar-refractivity contribution is 6.34. The van der Waals surface area contributed by atoms with E-state index in [-0.39, 0.29) is 33.6 Å². The van der Waals surface area contributed by atoms with Crippen molar-refractivity contribution in [3.63, 3.8) is 0 Å². The maximum Gasteiger partial charge on any atom is 0.258 e. The Bertz CT molecular complexity index is 1050. The summed E-state index contributed by atoms with van der Waals surface area (Å²) in [4.78, 5) is 25.1. The topological polar surface area (TPSA) is 108 Å². The number of benzene rings is 2. The molecule has 2 aromatic carbocycles. The Morgan fingerprint density at radius 1 is 0.970 bits per heavy atom. The molecule has 0 saturated heterocycles.